The zero-order valence-electron chi connectivity index (χ0n) is 9.46. The monoisotopic (exact) mass is 228 g/mol. The van der Waals surface area contributed by atoms with Gasteiger partial charge in [0.15, 0.2) is 0 Å². The molecule has 1 saturated carbocycles. The summed E-state index contributed by atoms with van der Waals surface area (Å²) in [5, 5.41) is 24.3. The van der Waals surface area contributed by atoms with Gasteiger partial charge in [0.1, 0.15) is 0 Å². The van der Waals surface area contributed by atoms with Crippen molar-refractivity contribution in [1.82, 2.24) is 10.6 Å². The first-order valence-electron chi connectivity index (χ1n) is 5.88. The quantitative estimate of drug-likeness (QED) is 0.475. The summed E-state index contributed by atoms with van der Waals surface area (Å²) in [4.78, 5) is 10.8. The highest BCUT2D eigenvalue weighted by Gasteiger charge is 2.45. The summed E-state index contributed by atoms with van der Waals surface area (Å²) in [5.74, 6) is -0.749. The smallest absolute Gasteiger partial charge is 0.305 e. The molecule has 0 atom stereocenters. The van der Waals surface area contributed by atoms with Crippen LogP contribution in [0.1, 0.15) is 25.7 Å². The number of hydrogen-bond acceptors (Lipinski definition) is 4. The van der Waals surface area contributed by atoms with Crippen molar-refractivity contribution in [1.29, 1.82) is 0 Å². The number of aliphatic hydroxyl groups is 1. The first-order chi connectivity index (χ1) is 7.60. The highest BCUT2D eigenvalue weighted by atomic mass is 16.4. The van der Waals surface area contributed by atoms with Crippen molar-refractivity contribution in [2.75, 3.05) is 26.2 Å². The summed E-state index contributed by atoms with van der Waals surface area (Å²) in [6.45, 7) is 2.53. The van der Waals surface area contributed by atoms with Crippen LogP contribution < -0.4 is 10.6 Å². The number of nitrogens with one attached hydrogen (secondary N) is 2. The summed E-state index contributed by atoms with van der Waals surface area (Å²) in [5.41, 5.74) is -0.00722. The maximum atomic E-state index is 10.8. The van der Waals surface area contributed by atoms with Gasteiger partial charge in [-0.1, -0.05) is 0 Å². The average molecular weight is 228 g/mol. The van der Waals surface area contributed by atoms with Crippen LogP contribution in [0.25, 0.3) is 0 Å². The van der Waals surface area contributed by atoms with Crippen LogP contribution in [0.15, 0.2) is 0 Å². The first-order valence-corrected chi connectivity index (χ1v) is 5.88. The minimum atomic E-state index is -0.749. The summed E-state index contributed by atoms with van der Waals surface area (Å²) in [6, 6.07) is 0. The normalized spacial score (nSPS) is 24.8. The molecule has 0 aromatic carbocycles. The lowest BCUT2D eigenvalue weighted by Gasteiger charge is -2.43. The molecule has 1 aliphatic carbocycles. The standard InChI is InChI=1S/C11H20N2O3/c14-4-3-10(1-2-10)6-13-11(5-9(15)16)7-12-8-11/h12-14H,1-8H2,(H,15,16). The van der Waals surface area contributed by atoms with Crippen molar-refractivity contribution in [3.63, 3.8) is 0 Å². The summed E-state index contributed by atoms with van der Waals surface area (Å²) >= 11 is 0. The number of aliphatic hydroxyl groups excluding tert-OH is 1. The Morgan fingerprint density at radius 1 is 1.38 bits per heavy atom. The molecule has 4 N–H and O–H groups in total. The van der Waals surface area contributed by atoms with Gasteiger partial charge >= 0.3 is 5.97 Å². The van der Waals surface area contributed by atoms with Crippen molar-refractivity contribution in [3.8, 4) is 0 Å². The second-order valence-electron chi connectivity index (χ2n) is 5.28. The van der Waals surface area contributed by atoms with E-state index in [0.717, 1.165) is 38.9 Å². The van der Waals surface area contributed by atoms with E-state index in [2.05, 4.69) is 10.6 Å². The number of hydrogen-bond donors (Lipinski definition) is 4. The SMILES string of the molecule is O=C(O)CC1(NCC2(CCO)CC2)CNC1. The van der Waals surface area contributed by atoms with Crippen molar-refractivity contribution in [3.05, 3.63) is 0 Å². The molecule has 0 radical (unpaired) electrons. The van der Waals surface area contributed by atoms with Crippen molar-refractivity contribution >= 4 is 5.97 Å². The minimum Gasteiger partial charge on any atom is -0.481 e. The van der Waals surface area contributed by atoms with Crippen molar-refractivity contribution < 1.29 is 15.0 Å². The van der Waals surface area contributed by atoms with Crippen LogP contribution in [-0.2, 0) is 4.79 Å². The van der Waals surface area contributed by atoms with E-state index in [1.807, 2.05) is 0 Å². The lowest BCUT2D eigenvalue weighted by atomic mass is 9.87. The van der Waals surface area contributed by atoms with Gasteiger partial charge in [-0.25, -0.2) is 0 Å². The Kier molecular flexibility index (Phi) is 3.19. The summed E-state index contributed by atoms with van der Waals surface area (Å²) in [7, 11) is 0. The van der Waals surface area contributed by atoms with Gasteiger partial charge < -0.3 is 20.8 Å². The van der Waals surface area contributed by atoms with Crippen LogP contribution in [-0.4, -0.2) is 48.0 Å². The van der Waals surface area contributed by atoms with Crippen molar-refractivity contribution in [2.45, 2.75) is 31.2 Å². The molecule has 1 heterocycles. The number of carbonyl (C=O) groups is 1. The topological polar surface area (TPSA) is 81.6 Å². The van der Waals surface area contributed by atoms with E-state index in [-0.39, 0.29) is 24.0 Å². The molecule has 5 nitrogen and oxygen atoms in total. The molecule has 1 saturated heterocycles. The number of rotatable bonds is 7. The zero-order valence-corrected chi connectivity index (χ0v) is 9.46. The zero-order chi connectivity index (χ0) is 11.6. The third kappa shape index (κ3) is 2.53. The Bertz CT molecular complexity index is 272. The Hall–Kier alpha value is -0.650. The first kappa shape index (κ1) is 11.8. The fraction of sp³-hybridized carbons (Fsp3) is 0.909. The van der Waals surface area contributed by atoms with Crippen LogP contribution >= 0.6 is 0 Å². The fourth-order valence-electron chi connectivity index (χ4n) is 2.33. The molecule has 0 aromatic heterocycles. The van der Waals surface area contributed by atoms with Crippen LogP contribution in [0, 0.1) is 5.41 Å². The maximum absolute atomic E-state index is 10.8. The Labute approximate surface area is 95.2 Å². The van der Waals surface area contributed by atoms with Crippen LogP contribution in [0.5, 0.6) is 0 Å². The van der Waals surface area contributed by atoms with Crippen LogP contribution in [0.2, 0.25) is 0 Å². The molecule has 0 amide bonds. The number of aliphatic carboxylic acids is 1. The third-order valence-corrected chi connectivity index (χ3v) is 3.85. The molecule has 0 aromatic rings. The van der Waals surface area contributed by atoms with E-state index in [0.29, 0.717) is 0 Å². The molecule has 1 aliphatic heterocycles. The van der Waals surface area contributed by atoms with Gasteiger partial charge in [0.2, 0.25) is 0 Å². The average Bonchev–Trinajstić information content (AvgIpc) is 2.90. The van der Waals surface area contributed by atoms with Gasteiger partial charge in [0.05, 0.1) is 12.0 Å². The number of carboxylic acids is 1. The second-order valence-corrected chi connectivity index (χ2v) is 5.28. The summed E-state index contributed by atoms with van der Waals surface area (Å²) < 4.78 is 0. The minimum absolute atomic E-state index is 0.176. The van der Waals surface area contributed by atoms with E-state index in [1.165, 1.54) is 0 Å². The Balaban J connectivity index is 1.81. The molecule has 16 heavy (non-hydrogen) atoms. The molecule has 0 spiro atoms. The molecular weight excluding hydrogens is 208 g/mol. The predicted molar refractivity (Wildman–Crippen MR) is 59.2 cm³/mol. The molecule has 5 heteroatoms. The van der Waals surface area contributed by atoms with Gasteiger partial charge in [0.25, 0.3) is 0 Å². The molecule has 0 unspecified atom stereocenters. The molecule has 2 rings (SSSR count). The number of carboxylic acid groups (broad SMARTS) is 1. The molecule has 2 aliphatic rings. The van der Waals surface area contributed by atoms with Gasteiger partial charge in [0, 0.05) is 26.2 Å². The van der Waals surface area contributed by atoms with E-state index in [4.69, 9.17) is 10.2 Å². The molecule has 0 bridgehead atoms. The van der Waals surface area contributed by atoms with E-state index in [1.54, 1.807) is 0 Å². The molecular formula is C11H20N2O3. The third-order valence-electron chi connectivity index (χ3n) is 3.85. The largest absolute Gasteiger partial charge is 0.481 e. The summed E-state index contributed by atoms with van der Waals surface area (Å²) in [6.07, 6.45) is 3.31. The van der Waals surface area contributed by atoms with Gasteiger partial charge in [-0.15, -0.1) is 0 Å². The molecule has 2 fully saturated rings. The van der Waals surface area contributed by atoms with E-state index < -0.39 is 5.97 Å². The van der Waals surface area contributed by atoms with E-state index >= 15 is 0 Å². The van der Waals surface area contributed by atoms with Crippen LogP contribution in [0.3, 0.4) is 0 Å². The lowest BCUT2D eigenvalue weighted by Crippen LogP contribution is -2.69. The predicted octanol–water partition coefficient (Wildman–Crippen LogP) is -0.445. The van der Waals surface area contributed by atoms with E-state index in [9.17, 15) is 4.79 Å². The lowest BCUT2D eigenvalue weighted by molar-refractivity contribution is -0.139. The second kappa shape index (κ2) is 4.31. The highest BCUT2D eigenvalue weighted by Crippen LogP contribution is 2.48. The van der Waals surface area contributed by atoms with Crippen molar-refractivity contribution in [2.24, 2.45) is 5.41 Å². The Morgan fingerprint density at radius 3 is 2.44 bits per heavy atom. The maximum Gasteiger partial charge on any atom is 0.305 e. The highest BCUT2D eigenvalue weighted by molar-refractivity contribution is 5.68. The van der Waals surface area contributed by atoms with Gasteiger partial charge in [-0.3, -0.25) is 4.79 Å². The van der Waals surface area contributed by atoms with Gasteiger partial charge in [-0.05, 0) is 24.7 Å². The fourth-order valence-corrected chi connectivity index (χ4v) is 2.33. The van der Waals surface area contributed by atoms with Crippen LogP contribution in [0.4, 0.5) is 0 Å². The molecule has 92 valence electrons. The Morgan fingerprint density at radius 2 is 2.06 bits per heavy atom. The van der Waals surface area contributed by atoms with Gasteiger partial charge in [-0.2, -0.15) is 0 Å².